The minimum absolute atomic E-state index is 0.627. The summed E-state index contributed by atoms with van der Waals surface area (Å²) in [5.41, 5.74) is 0. The van der Waals surface area contributed by atoms with Crippen LogP contribution in [-0.4, -0.2) is 21.6 Å². The summed E-state index contributed by atoms with van der Waals surface area (Å²) in [7, 11) is 0. The van der Waals surface area contributed by atoms with Gasteiger partial charge in [-0.25, -0.2) is 4.98 Å². The Hall–Kier alpha value is -0.830. The number of piperidine rings is 1. The summed E-state index contributed by atoms with van der Waals surface area (Å²) in [5.74, 6) is 1.24. The molecule has 2 rings (SSSR count). The Morgan fingerprint density at radius 2 is 2.38 bits per heavy atom. The lowest BCUT2D eigenvalue weighted by Gasteiger charge is -2.28. The van der Waals surface area contributed by atoms with Crippen LogP contribution in [0.3, 0.4) is 0 Å². The molecule has 2 atom stereocenters. The molecule has 16 heavy (non-hydrogen) atoms. The van der Waals surface area contributed by atoms with Crippen molar-refractivity contribution in [3.63, 3.8) is 0 Å². The molecule has 2 unspecified atom stereocenters. The number of hydrogen-bond acceptors (Lipinski definition) is 2. The molecule has 1 aliphatic rings. The van der Waals surface area contributed by atoms with Crippen LogP contribution in [0, 0.1) is 0 Å². The van der Waals surface area contributed by atoms with E-state index in [1.807, 2.05) is 6.20 Å². The van der Waals surface area contributed by atoms with Gasteiger partial charge in [-0.2, -0.15) is 0 Å². The van der Waals surface area contributed by atoms with E-state index in [2.05, 4.69) is 34.9 Å². The maximum absolute atomic E-state index is 4.48. The van der Waals surface area contributed by atoms with Crippen LogP contribution in [0.1, 0.15) is 45.4 Å². The molecule has 0 radical (unpaired) electrons. The van der Waals surface area contributed by atoms with Crippen molar-refractivity contribution in [2.45, 2.75) is 64.6 Å². The molecule has 0 aromatic carbocycles. The number of nitrogens with one attached hydrogen (secondary N) is 1. The summed E-state index contributed by atoms with van der Waals surface area (Å²) in [6, 6.07) is 1.30. The van der Waals surface area contributed by atoms with Crippen molar-refractivity contribution < 1.29 is 0 Å². The first kappa shape index (κ1) is 11.6. The second-order valence-electron chi connectivity index (χ2n) is 4.94. The van der Waals surface area contributed by atoms with Gasteiger partial charge in [0, 0.05) is 37.4 Å². The van der Waals surface area contributed by atoms with Crippen molar-refractivity contribution in [2.75, 3.05) is 0 Å². The molecule has 1 aromatic heterocycles. The van der Waals surface area contributed by atoms with E-state index in [1.165, 1.54) is 31.5 Å². The molecule has 2 heterocycles. The van der Waals surface area contributed by atoms with E-state index in [9.17, 15) is 0 Å². The highest BCUT2D eigenvalue weighted by Gasteiger charge is 2.19. The lowest BCUT2D eigenvalue weighted by Crippen LogP contribution is -2.42. The van der Waals surface area contributed by atoms with E-state index < -0.39 is 0 Å². The highest BCUT2D eigenvalue weighted by molar-refractivity contribution is 4.97. The van der Waals surface area contributed by atoms with Gasteiger partial charge in [0.2, 0.25) is 0 Å². The minimum atomic E-state index is 0.627. The smallest absolute Gasteiger partial charge is 0.110 e. The normalized spacial score (nSPS) is 25.9. The molecule has 1 aliphatic heterocycles. The molecular formula is C13H23N3. The first-order chi connectivity index (χ1) is 7.79. The molecular weight excluding hydrogens is 198 g/mol. The highest BCUT2D eigenvalue weighted by atomic mass is 15.1. The van der Waals surface area contributed by atoms with E-state index >= 15 is 0 Å². The van der Waals surface area contributed by atoms with Gasteiger partial charge in [-0.15, -0.1) is 0 Å². The molecule has 0 aliphatic carbocycles. The number of aromatic nitrogens is 2. The third kappa shape index (κ3) is 2.85. The standard InChI is InChI=1S/C13H23N3/c1-3-8-16-9-7-14-13(16)10-12-6-4-5-11(2)15-12/h7,9,11-12,15H,3-6,8,10H2,1-2H3. The third-order valence-electron chi connectivity index (χ3n) is 3.41. The molecule has 3 heteroatoms. The highest BCUT2D eigenvalue weighted by Crippen LogP contribution is 2.15. The summed E-state index contributed by atoms with van der Waals surface area (Å²) in [6.07, 6.45) is 10.3. The van der Waals surface area contributed by atoms with E-state index in [0.29, 0.717) is 12.1 Å². The lowest BCUT2D eigenvalue weighted by molar-refractivity contribution is 0.328. The zero-order valence-corrected chi connectivity index (χ0v) is 10.4. The Morgan fingerprint density at radius 1 is 1.50 bits per heavy atom. The minimum Gasteiger partial charge on any atom is -0.335 e. The second-order valence-corrected chi connectivity index (χ2v) is 4.94. The zero-order chi connectivity index (χ0) is 11.4. The average Bonchev–Trinajstić information content (AvgIpc) is 2.66. The van der Waals surface area contributed by atoms with Gasteiger partial charge in [-0.1, -0.05) is 13.3 Å². The van der Waals surface area contributed by atoms with Crippen LogP contribution >= 0.6 is 0 Å². The van der Waals surface area contributed by atoms with Gasteiger partial charge in [0.1, 0.15) is 5.82 Å². The van der Waals surface area contributed by atoms with Crippen LogP contribution in [0.15, 0.2) is 12.4 Å². The summed E-state index contributed by atoms with van der Waals surface area (Å²) < 4.78 is 2.29. The zero-order valence-electron chi connectivity index (χ0n) is 10.4. The molecule has 0 amide bonds. The molecule has 3 nitrogen and oxygen atoms in total. The quantitative estimate of drug-likeness (QED) is 0.846. The molecule has 1 aromatic rings. The van der Waals surface area contributed by atoms with Crippen molar-refractivity contribution in [1.82, 2.24) is 14.9 Å². The maximum atomic E-state index is 4.48. The van der Waals surface area contributed by atoms with Gasteiger partial charge in [0.25, 0.3) is 0 Å². The molecule has 90 valence electrons. The number of rotatable bonds is 4. The monoisotopic (exact) mass is 221 g/mol. The van der Waals surface area contributed by atoms with Gasteiger partial charge in [-0.05, 0) is 26.2 Å². The lowest BCUT2D eigenvalue weighted by atomic mass is 9.97. The Labute approximate surface area is 98.3 Å². The predicted molar refractivity (Wildman–Crippen MR) is 66.5 cm³/mol. The molecule has 1 fully saturated rings. The third-order valence-corrected chi connectivity index (χ3v) is 3.41. The second kappa shape index (κ2) is 5.48. The predicted octanol–water partition coefficient (Wildman–Crippen LogP) is 2.37. The maximum Gasteiger partial charge on any atom is 0.110 e. The van der Waals surface area contributed by atoms with E-state index in [4.69, 9.17) is 0 Å². The van der Waals surface area contributed by atoms with Crippen LogP contribution < -0.4 is 5.32 Å². The fourth-order valence-corrected chi connectivity index (χ4v) is 2.60. The van der Waals surface area contributed by atoms with Crippen LogP contribution in [0.5, 0.6) is 0 Å². The van der Waals surface area contributed by atoms with Gasteiger partial charge in [0.15, 0.2) is 0 Å². The average molecular weight is 221 g/mol. The Balaban J connectivity index is 1.94. The fourth-order valence-electron chi connectivity index (χ4n) is 2.60. The van der Waals surface area contributed by atoms with Crippen molar-refractivity contribution in [3.05, 3.63) is 18.2 Å². The Kier molecular flexibility index (Phi) is 3.99. The number of aryl methyl sites for hydroxylation is 1. The van der Waals surface area contributed by atoms with E-state index in [0.717, 1.165) is 13.0 Å². The SMILES string of the molecule is CCCn1ccnc1CC1CCCC(C)N1. The van der Waals surface area contributed by atoms with Crippen LogP contribution in [0.2, 0.25) is 0 Å². The van der Waals surface area contributed by atoms with Crippen LogP contribution in [0.4, 0.5) is 0 Å². The van der Waals surface area contributed by atoms with Crippen molar-refractivity contribution in [3.8, 4) is 0 Å². The molecule has 1 N–H and O–H groups in total. The molecule has 1 saturated heterocycles. The van der Waals surface area contributed by atoms with Gasteiger partial charge in [-0.3, -0.25) is 0 Å². The van der Waals surface area contributed by atoms with Gasteiger partial charge < -0.3 is 9.88 Å². The Morgan fingerprint density at radius 3 is 3.12 bits per heavy atom. The van der Waals surface area contributed by atoms with Crippen molar-refractivity contribution in [2.24, 2.45) is 0 Å². The Bertz CT molecular complexity index is 319. The largest absolute Gasteiger partial charge is 0.335 e. The summed E-state index contributed by atoms with van der Waals surface area (Å²) >= 11 is 0. The van der Waals surface area contributed by atoms with Gasteiger partial charge in [0.05, 0.1) is 0 Å². The van der Waals surface area contributed by atoms with Crippen molar-refractivity contribution in [1.29, 1.82) is 0 Å². The number of imidazole rings is 1. The number of nitrogens with zero attached hydrogens (tertiary/aromatic N) is 2. The number of hydrogen-bond donors (Lipinski definition) is 1. The summed E-state index contributed by atoms with van der Waals surface area (Å²) in [4.78, 5) is 4.48. The molecule has 0 bridgehead atoms. The first-order valence-corrected chi connectivity index (χ1v) is 6.55. The first-order valence-electron chi connectivity index (χ1n) is 6.55. The molecule has 0 spiro atoms. The summed E-state index contributed by atoms with van der Waals surface area (Å²) in [6.45, 7) is 5.59. The van der Waals surface area contributed by atoms with Crippen LogP contribution in [0.25, 0.3) is 0 Å². The topological polar surface area (TPSA) is 29.9 Å². The van der Waals surface area contributed by atoms with Crippen molar-refractivity contribution >= 4 is 0 Å². The van der Waals surface area contributed by atoms with E-state index in [-0.39, 0.29) is 0 Å². The van der Waals surface area contributed by atoms with Crippen LogP contribution in [-0.2, 0) is 13.0 Å². The van der Waals surface area contributed by atoms with Gasteiger partial charge >= 0.3 is 0 Å². The molecule has 0 saturated carbocycles. The van der Waals surface area contributed by atoms with E-state index in [1.54, 1.807) is 0 Å². The fraction of sp³-hybridized carbons (Fsp3) is 0.769. The summed E-state index contributed by atoms with van der Waals surface area (Å²) in [5, 5.41) is 3.67.